The number of carbonyl (C=O) groups excluding carboxylic acids is 2. The monoisotopic (exact) mass is 196 g/mol. The van der Waals surface area contributed by atoms with Crippen molar-refractivity contribution in [2.75, 3.05) is 0 Å². The van der Waals surface area contributed by atoms with E-state index in [1.807, 2.05) is 27.7 Å². The molecule has 1 N–H and O–H groups in total. The molecule has 0 bridgehead atoms. The van der Waals surface area contributed by atoms with Crippen molar-refractivity contribution >= 4 is 11.8 Å². The molecule has 0 aromatic rings. The highest BCUT2D eigenvalue weighted by molar-refractivity contribution is 6.16. The van der Waals surface area contributed by atoms with Crippen LogP contribution in [0.1, 0.15) is 27.7 Å². The summed E-state index contributed by atoms with van der Waals surface area (Å²) in [5.41, 5.74) is 0.402. The molecule has 4 heteroatoms. The smallest absolute Gasteiger partial charge is 0.277 e. The number of amides is 2. The van der Waals surface area contributed by atoms with Crippen molar-refractivity contribution in [2.24, 2.45) is 0 Å². The summed E-state index contributed by atoms with van der Waals surface area (Å²) in [7, 11) is 0. The highest BCUT2D eigenvalue weighted by Gasteiger charge is 2.32. The molecule has 1 aliphatic heterocycles. The summed E-state index contributed by atoms with van der Waals surface area (Å²) in [4.78, 5) is 24.3. The molecule has 0 aromatic carbocycles. The summed E-state index contributed by atoms with van der Waals surface area (Å²) in [6, 6.07) is 0.0721. The van der Waals surface area contributed by atoms with Crippen molar-refractivity contribution in [1.82, 2.24) is 10.2 Å². The van der Waals surface area contributed by atoms with Crippen LogP contribution in [-0.4, -0.2) is 28.8 Å². The minimum absolute atomic E-state index is 0.0855. The van der Waals surface area contributed by atoms with Gasteiger partial charge in [-0.15, -0.1) is 0 Å². The Balaban J connectivity index is 2.79. The Kier molecular flexibility index (Phi) is 2.93. The Morgan fingerprint density at radius 3 is 2.14 bits per heavy atom. The lowest BCUT2D eigenvalue weighted by Crippen LogP contribution is -2.39. The quantitative estimate of drug-likeness (QED) is 0.674. The molecular formula is C10H16N2O2. The van der Waals surface area contributed by atoms with E-state index in [4.69, 9.17) is 0 Å². The SMILES string of the molecule is CC(C)NC1=CC(=O)N(C(C)C)C1=O. The van der Waals surface area contributed by atoms with Gasteiger partial charge in [0.05, 0.1) is 0 Å². The van der Waals surface area contributed by atoms with Crippen LogP contribution in [0.15, 0.2) is 11.8 Å². The first kappa shape index (κ1) is 10.8. The molecule has 1 aliphatic rings. The average molecular weight is 196 g/mol. The Labute approximate surface area is 84.0 Å². The molecule has 0 saturated carbocycles. The second-order valence-electron chi connectivity index (χ2n) is 3.96. The molecule has 14 heavy (non-hydrogen) atoms. The molecule has 2 amide bonds. The predicted molar refractivity (Wildman–Crippen MR) is 53.3 cm³/mol. The normalized spacial score (nSPS) is 17.0. The van der Waals surface area contributed by atoms with Crippen molar-refractivity contribution in [3.8, 4) is 0 Å². The molecule has 0 atom stereocenters. The summed E-state index contributed by atoms with van der Waals surface area (Å²) in [6.45, 7) is 7.50. The molecule has 0 spiro atoms. The summed E-state index contributed by atoms with van der Waals surface area (Å²) in [5, 5.41) is 2.96. The molecule has 0 unspecified atom stereocenters. The highest BCUT2D eigenvalue weighted by Crippen LogP contribution is 2.14. The van der Waals surface area contributed by atoms with Crippen LogP contribution in [-0.2, 0) is 9.59 Å². The van der Waals surface area contributed by atoms with E-state index < -0.39 is 0 Å². The van der Waals surface area contributed by atoms with Crippen molar-refractivity contribution in [3.05, 3.63) is 11.8 Å². The second kappa shape index (κ2) is 3.82. The van der Waals surface area contributed by atoms with E-state index in [-0.39, 0.29) is 23.9 Å². The van der Waals surface area contributed by atoms with Gasteiger partial charge in [-0.3, -0.25) is 14.5 Å². The third-order valence-electron chi connectivity index (χ3n) is 1.92. The van der Waals surface area contributed by atoms with Crippen LogP contribution in [0.5, 0.6) is 0 Å². The number of nitrogens with zero attached hydrogens (tertiary/aromatic N) is 1. The summed E-state index contributed by atoms with van der Waals surface area (Å²) in [6.07, 6.45) is 1.36. The number of nitrogens with one attached hydrogen (secondary N) is 1. The third kappa shape index (κ3) is 1.95. The first-order chi connectivity index (χ1) is 6.43. The van der Waals surface area contributed by atoms with E-state index in [9.17, 15) is 9.59 Å². The maximum atomic E-state index is 11.7. The zero-order valence-corrected chi connectivity index (χ0v) is 9.00. The number of rotatable bonds is 3. The van der Waals surface area contributed by atoms with Crippen LogP contribution in [0.4, 0.5) is 0 Å². The van der Waals surface area contributed by atoms with E-state index in [2.05, 4.69) is 5.32 Å². The van der Waals surface area contributed by atoms with E-state index in [0.29, 0.717) is 5.70 Å². The van der Waals surface area contributed by atoms with Crippen LogP contribution in [0.2, 0.25) is 0 Å². The minimum Gasteiger partial charge on any atom is -0.378 e. The first-order valence-electron chi connectivity index (χ1n) is 4.79. The fourth-order valence-corrected chi connectivity index (χ4v) is 1.39. The van der Waals surface area contributed by atoms with Gasteiger partial charge >= 0.3 is 0 Å². The molecule has 78 valence electrons. The molecule has 0 fully saturated rings. The first-order valence-corrected chi connectivity index (χ1v) is 4.79. The van der Waals surface area contributed by atoms with E-state index >= 15 is 0 Å². The van der Waals surface area contributed by atoms with E-state index in [1.165, 1.54) is 11.0 Å². The van der Waals surface area contributed by atoms with E-state index in [0.717, 1.165) is 0 Å². The van der Waals surface area contributed by atoms with Crippen LogP contribution in [0, 0.1) is 0 Å². The molecular weight excluding hydrogens is 180 g/mol. The van der Waals surface area contributed by atoms with Gasteiger partial charge in [-0.1, -0.05) is 0 Å². The molecule has 0 aliphatic carbocycles. The highest BCUT2D eigenvalue weighted by atomic mass is 16.2. The third-order valence-corrected chi connectivity index (χ3v) is 1.92. The summed E-state index contributed by atoms with van der Waals surface area (Å²) in [5.74, 6) is -0.452. The molecule has 1 heterocycles. The number of carbonyl (C=O) groups is 2. The molecule has 4 nitrogen and oxygen atoms in total. The Morgan fingerprint density at radius 1 is 1.21 bits per heavy atom. The average Bonchev–Trinajstić information content (AvgIpc) is 2.25. The minimum atomic E-state index is -0.229. The second-order valence-corrected chi connectivity index (χ2v) is 3.96. The van der Waals surface area contributed by atoms with Gasteiger partial charge < -0.3 is 5.32 Å². The fourth-order valence-electron chi connectivity index (χ4n) is 1.39. The van der Waals surface area contributed by atoms with Crippen LogP contribution in [0.3, 0.4) is 0 Å². The number of hydrogen-bond acceptors (Lipinski definition) is 3. The fraction of sp³-hybridized carbons (Fsp3) is 0.600. The predicted octanol–water partition coefficient (Wildman–Crippen LogP) is 0.645. The largest absolute Gasteiger partial charge is 0.378 e. The maximum absolute atomic E-state index is 11.7. The molecule has 0 saturated heterocycles. The zero-order valence-electron chi connectivity index (χ0n) is 9.00. The van der Waals surface area contributed by atoms with Gasteiger partial charge in [0.2, 0.25) is 0 Å². The Morgan fingerprint density at radius 2 is 1.79 bits per heavy atom. The van der Waals surface area contributed by atoms with Gasteiger partial charge in [0, 0.05) is 18.2 Å². The van der Waals surface area contributed by atoms with Gasteiger partial charge in [-0.2, -0.15) is 0 Å². The lowest BCUT2D eigenvalue weighted by molar-refractivity contribution is -0.139. The lowest BCUT2D eigenvalue weighted by atomic mass is 10.3. The standard InChI is InChI=1S/C10H16N2O2/c1-6(2)11-8-5-9(13)12(7(3)4)10(8)14/h5-7,11H,1-4H3. The maximum Gasteiger partial charge on any atom is 0.277 e. The van der Waals surface area contributed by atoms with Gasteiger partial charge in [0.1, 0.15) is 5.70 Å². The van der Waals surface area contributed by atoms with Gasteiger partial charge in [-0.05, 0) is 27.7 Å². The zero-order chi connectivity index (χ0) is 10.9. The van der Waals surface area contributed by atoms with Gasteiger partial charge in [0.25, 0.3) is 11.8 Å². The van der Waals surface area contributed by atoms with Gasteiger partial charge in [-0.25, -0.2) is 0 Å². The lowest BCUT2D eigenvalue weighted by Gasteiger charge is -2.19. The van der Waals surface area contributed by atoms with E-state index in [1.54, 1.807) is 0 Å². The van der Waals surface area contributed by atoms with Crippen LogP contribution < -0.4 is 5.32 Å². The summed E-state index contributed by atoms with van der Waals surface area (Å²) >= 11 is 0. The van der Waals surface area contributed by atoms with Crippen LogP contribution >= 0.6 is 0 Å². The van der Waals surface area contributed by atoms with Gasteiger partial charge in [0.15, 0.2) is 0 Å². The van der Waals surface area contributed by atoms with Crippen LogP contribution in [0.25, 0.3) is 0 Å². The Bertz CT molecular complexity index is 292. The Hall–Kier alpha value is -1.32. The molecule has 0 radical (unpaired) electrons. The molecule has 0 aromatic heterocycles. The molecule has 1 rings (SSSR count). The van der Waals surface area contributed by atoms with Crippen molar-refractivity contribution < 1.29 is 9.59 Å². The summed E-state index contributed by atoms with van der Waals surface area (Å²) < 4.78 is 0. The van der Waals surface area contributed by atoms with Crippen molar-refractivity contribution in [2.45, 2.75) is 39.8 Å². The van der Waals surface area contributed by atoms with Crippen molar-refractivity contribution in [3.63, 3.8) is 0 Å². The number of hydrogen-bond donors (Lipinski definition) is 1. The topological polar surface area (TPSA) is 49.4 Å². The van der Waals surface area contributed by atoms with Crippen molar-refractivity contribution in [1.29, 1.82) is 0 Å². The number of imide groups is 1.